The third kappa shape index (κ3) is 5.26. The summed E-state index contributed by atoms with van der Waals surface area (Å²) in [4.78, 5) is 13.4. The number of anilines is 1. The molecule has 32 heavy (non-hydrogen) atoms. The maximum atomic E-state index is 13.3. The third-order valence-corrected chi connectivity index (χ3v) is 6.45. The largest absolute Gasteiger partial charge is 0.489 e. The van der Waals surface area contributed by atoms with E-state index in [9.17, 15) is 9.18 Å². The van der Waals surface area contributed by atoms with Crippen molar-refractivity contribution in [1.82, 2.24) is 9.78 Å². The molecule has 0 radical (unpaired) electrons. The van der Waals surface area contributed by atoms with Crippen molar-refractivity contribution in [1.29, 1.82) is 0 Å². The number of halogens is 2. The number of hydrogen-bond acceptors (Lipinski definition) is 4. The van der Waals surface area contributed by atoms with E-state index in [4.69, 9.17) is 4.74 Å². The van der Waals surface area contributed by atoms with Crippen molar-refractivity contribution in [3.05, 3.63) is 97.7 Å². The molecule has 164 valence electrons. The molecule has 4 aromatic rings. The van der Waals surface area contributed by atoms with E-state index in [1.54, 1.807) is 18.2 Å². The zero-order valence-electron chi connectivity index (χ0n) is 17.6. The Hall–Kier alpha value is -2.97. The number of ether oxygens (including phenoxy) is 1. The van der Waals surface area contributed by atoms with Crippen LogP contribution >= 0.6 is 27.3 Å². The maximum absolute atomic E-state index is 13.3. The van der Waals surface area contributed by atoms with Crippen molar-refractivity contribution in [2.24, 2.45) is 0 Å². The van der Waals surface area contributed by atoms with Crippen LogP contribution in [0.5, 0.6) is 5.75 Å². The van der Waals surface area contributed by atoms with Crippen LogP contribution in [0.25, 0.3) is 0 Å². The number of carbonyl (C=O) groups excluding carboxylic acids is 1. The summed E-state index contributed by atoms with van der Waals surface area (Å²) >= 11 is 4.78. The van der Waals surface area contributed by atoms with Crippen molar-refractivity contribution in [3.8, 4) is 5.75 Å². The van der Waals surface area contributed by atoms with Gasteiger partial charge in [-0.25, -0.2) is 4.39 Å². The number of carbonyl (C=O) groups is 1. The zero-order chi connectivity index (χ0) is 22.7. The molecule has 0 unspecified atom stereocenters. The maximum Gasteiger partial charge on any atom is 0.265 e. The number of rotatable bonds is 7. The van der Waals surface area contributed by atoms with Crippen LogP contribution in [0.1, 0.15) is 32.2 Å². The average Bonchev–Trinajstić information content (AvgIpc) is 3.35. The van der Waals surface area contributed by atoms with Crippen LogP contribution in [0.2, 0.25) is 0 Å². The number of nitrogens with one attached hydrogen (secondary N) is 1. The van der Waals surface area contributed by atoms with Gasteiger partial charge in [-0.05, 0) is 55.1 Å². The second-order valence-corrected chi connectivity index (χ2v) is 9.18. The Labute approximate surface area is 198 Å². The molecule has 2 heterocycles. The van der Waals surface area contributed by atoms with Gasteiger partial charge >= 0.3 is 0 Å². The van der Waals surface area contributed by atoms with Gasteiger partial charge in [0.15, 0.2) is 0 Å². The van der Waals surface area contributed by atoms with Gasteiger partial charge in [-0.1, -0.05) is 34.1 Å². The monoisotopic (exact) mass is 513 g/mol. The molecule has 0 aliphatic rings. The van der Waals surface area contributed by atoms with Crippen LogP contribution in [0.3, 0.4) is 0 Å². The molecule has 0 saturated heterocycles. The van der Waals surface area contributed by atoms with Crippen molar-refractivity contribution < 1.29 is 13.9 Å². The number of amides is 1. The van der Waals surface area contributed by atoms with Crippen LogP contribution < -0.4 is 10.1 Å². The van der Waals surface area contributed by atoms with E-state index in [2.05, 4.69) is 26.3 Å². The predicted octanol–water partition coefficient (Wildman–Crippen LogP) is 6.34. The molecule has 0 bridgehead atoms. The van der Waals surface area contributed by atoms with E-state index in [0.29, 0.717) is 17.2 Å². The van der Waals surface area contributed by atoms with Crippen molar-refractivity contribution in [2.75, 3.05) is 5.32 Å². The summed E-state index contributed by atoms with van der Waals surface area (Å²) in [6, 6.07) is 15.8. The van der Waals surface area contributed by atoms with Gasteiger partial charge in [0.2, 0.25) is 0 Å². The minimum atomic E-state index is -0.348. The minimum absolute atomic E-state index is 0.193. The highest BCUT2D eigenvalue weighted by atomic mass is 79.9. The van der Waals surface area contributed by atoms with E-state index >= 15 is 0 Å². The van der Waals surface area contributed by atoms with Gasteiger partial charge in [0, 0.05) is 16.1 Å². The van der Waals surface area contributed by atoms with Gasteiger partial charge < -0.3 is 10.1 Å². The first-order valence-electron chi connectivity index (χ1n) is 9.94. The molecule has 1 N–H and O–H groups in total. The molecular formula is C24H21BrFN3O2S. The molecule has 8 heteroatoms. The molecule has 2 aromatic carbocycles. The summed E-state index contributed by atoms with van der Waals surface area (Å²) in [5.41, 5.74) is 4.35. The molecule has 1 amide bonds. The molecule has 5 nitrogen and oxygen atoms in total. The van der Waals surface area contributed by atoms with Crippen molar-refractivity contribution in [2.45, 2.75) is 27.0 Å². The number of thiophene rings is 1. The Morgan fingerprint density at radius 3 is 2.69 bits per heavy atom. The highest BCUT2D eigenvalue weighted by Crippen LogP contribution is 2.24. The van der Waals surface area contributed by atoms with Crippen LogP contribution in [0.15, 0.2) is 64.5 Å². The fraction of sp³-hybridized carbons (Fsp3) is 0.167. The van der Waals surface area contributed by atoms with Gasteiger partial charge in [0.05, 0.1) is 28.5 Å². The fourth-order valence-corrected chi connectivity index (χ4v) is 4.32. The molecule has 0 spiro atoms. The molecule has 0 saturated carbocycles. The summed E-state index contributed by atoms with van der Waals surface area (Å²) in [6.45, 7) is 4.71. The third-order valence-electron chi connectivity index (χ3n) is 4.94. The Morgan fingerprint density at radius 2 is 1.94 bits per heavy atom. The standard InChI is InChI=1S/C24H21BrFN3O2S/c1-15-23(16(2)29(28-15)12-17-6-8-19(25)9-7-17)27-24(30)22-10-18(14-32-22)13-31-21-5-3-4-20(26)11-21/h3-11,14H,12-13H2,1-2H3,(H,27,30). The normalized spacial score (nSPS) is 10.9. The van der Waals surface area contributed by atoms with Gasteiger partial charge in [-0.2, -0.15) is 5.10 Å². The SMILES string of the molecule is Cc1nn(Cc2ccc(Br)cc2)c(C)c1NC(=O)c1cc(COc2cccc(F)c2)cs1. The quantitative estimate of drug-likeness (QED) is 0.313. The average molecular weight is 514 g/mol. The molecule has 0 atom stereocenters. The molecule has 0 aliphatic heterocycles. The molecule has 2 aromatic heterocycles. The summed E-state index contributed by atoms with van der Waals surface area (Å²) < 4.78 is 21.8. The molecule has 0 fully saturated rings. The minimum Gasteiger partial charge on any atom is -0.489 e. The van der Waals surface area contributed by atoms with Crippen LogP contribution in [-0.2, 0) is 13.2 Å². The van der Waals surface area contributed by atoms with E-state index in [1.165, 1.54) is 23.5 Å². The van der Waals surface area contributed by atoms with Crippen LogP contribution in [0, 0.1) is 19.7 Å². The Balaban J connectivity index is 1.41. The fourth-order valence-electron chi connectivity index (χ4n) is 3.26. The zero-order valence-corrected chi connectivity index (χ0v) is 20.0. The van der Waals surface area contributed by atoms with Gasteiger partial charge in [0.25, 0.3) is 5.91 Å². The summed E-state index contributed by atoms with van der Waals surface area (Å²) in [5, 5.41) is 9.45. The second-order valence-electron chi connectivity index (χ2n) is 7.35. The van der Waals surface area contributed by atoms with Crippen LogP contribution in [0.4, 0.5) is 10.1 Å². The first-order valence-corrected chi connectivity index (χ1v) is 11.6. The summed E-state index contributed by atoms with van der Waals surface area (Å²) in [5.74, 6) is -0.0904. The first-order chi connectivity index (χ1) is 15.4. The number of nitrogens with zero attached hydrogens (tertiary/aromatic N) is 2. The number of aryl methyl sites for hydroxylation is 1. The van der Waals surface area contributed by atoms with E-state index in [1.807, 2.05) is 48.2 Å². The first kappa shape index (κ1) is 22.2. The van der Waals surface area contributed by atoms with E-state index < -0.39 is 0 Å². The second kappa shape index (κ2) is 9.67. The Bertz CT molecular complexity index is 1250. The highest BCUT2D eigenvalue weighted by molar-refractivity contribution is 9.10. The van der Waals surface area contributed by atoms with Crippen LogP contribution in [-0.4, -0.2) is 15.7 Å². The molecular weight excluding hydrogens is 493 g/mol. The van der Waals surface area contributed by atoms with E-state index in [-0.39, 0.29) is 18.3 Å². The molecule has 0 aliphatic carbocycles. The lowest BCUT2D eigenvalue weighted by Crippen LogP contribution is -2.12. The number of aromatic nitrogens is 2. The van der Waals surface area contributed by atoms with Gasteiger partial charge in [-0.3, -0.25) is 9.48 Å². The van der Waals surface area contributed by atoms with Crippen molar-refractivity contribution >= 4 is 38.9 Å². The molecule has 4 rings (SSSR count). The highest BCUT2D eigenvalue weighted by Gasteiger charge is 2.17. The lowest BCUT2D eigenvalue weighted by atomic mass is 10.2. The lowest BCUT2D eigenvalue weighted by molar-refractivity contribution is 0.103. The predicted molar refractivity (Wildman–Crippen MR) is 128 cm³/mol. The smallest absolute Gasteiger partial charge is 0.265 e. The Morgan fingerprint density at radius 1 is 1.16 bits per heavy atom. The number of benzene rings is 2. The van der Waals surface area contributed by atoms with Crippen molar-refractivity contribution in [3.63, 3.8) is 0 Å². The Kier molecular flexibility index (Phi) is 6.72. The lowest BCUT2D eigenvalue weighted by Gasteiger charge is -2.07. The summed E-state index contributed by atoms with van der Waals surface area (Å²) in [7, 11) is 0. The van der Waals surface area contributed by atoms with Gasteiger partial charge in [0.1, 0.15) is 18.2 Å². The summed E-state index contributed by atoms with van der Waals surface area (Å²) in [6.07, 6.45) is 0. The topological polar surface area (TPSA) is 56.2 Å². The van der Waals surface area contributed by atoms with E-state index in [0.717, 1.165) is 32.7 Å². The van der Waals surface area contributed by atoms with Gasteiger partial charge in [-0.15, -0.1) is 11.3 Å². The number of hydrogen-bond donors (Lipinski definition) is 1.